The highest BCUT2D eigenvalue weighted by molar-refractivity contribution is 6.90. The van der Waals surface area contributed by atoms with Crippen molar-refractivity contribution in [2.24, 2.45) is 5.11 Å². The van der Waals surface area contributed by atoms with Gasteiger partial charge in [0.1, 0.15) is 16.5 Å². The maximum absolute atomic E-state index is 9.51. The minimum Gasteiger partial charge on any atom is -0.426 e. The summed E-state index contributed by atoms with van der Waals surface area (Å²) in [6, 6.07) is 0. The Kier molecular flexibility index (Phi) is 5.92. The van der Waals surface area contributed by atoms with Crippen LogP contribution in [0.1, 0.15) is 0 Å². The summed E-state index contributed by atoms with van der Waals surface area (Å²) in [4.78, 5) is 2.71. The van der Waals surface area contributed by atoms with Crippen molar-refractivity contribution in [3.05, 3.63) is 10.4 Å². The molecule has 0 fully saturated rings. The molecule has 98 valence electrons. The molecule has 1 atom stereocenters. The molecule has 0 saturated heterocycles. The van der Waals surface area contributed by atoms with Gasteiger partial charge >= 0.3 is 7.12 Å². The first-order valence-electron chi connectivity index (χ1n) is 5.68. The third-order valence-corrected chi connectivity index (χ3v) is 10.0. The van der Waals surface area contributed by atoms with Gasteiger partial charge in [-0.15, -0.1) is 0 Å². The molecule has 0 aromatic heterocycles. The van der Waals surface area contributed by atoms with Crippen LogP contribution in [0.25, 0.3) is 10.4 Å². The van der Waals surface area contributed by atoms with Crippen molar-refractivity contribution in [2.75, 3.05) is 6.54 Å². The van der Waals surface area contributed by atoms with Crippen molar-refractivity contribution in [1.29, 1.82) is 0 Å². The molecule has 2 N–H and O–H groups in total. The van der Waals surface area contributed by atoms with Gasteiger partial charge in [-0.2, -0.15) is 0 Å². The predicted octanol–water partition coefficient (Wildman–Crippen LogP) is 1.65. The van der Waals surface area contributed by atoms with E-state index in [4.69, 9.17) is 5.53 Å². The van der Waals surface area contributed by atoms with Gasteiger partial charge in [0.25, 0.3) is 0 Å². The Morgan fingerprint density at radius 2 is 1.59 bits per heavy atom. The van der Waals surface area contributed by atoms with Crippen molar-refractivity contribution in [3.8, 4) is 0 Å². The molecule has 0 radical (unpaired) electrons. The quantitative estimate of drug-likeness (QED) is 0.334. The first-order valence-corrected chi connectivity index (χ1v) is 12.6. The van der Waals surface area contributed by atoms with Gasteiger partial charge in [-0.05, 0) is 5.53 Å². The lowest BCUT2D eigenvalue weighted by atomic mass is 9.80. The van der Waals surface area contributed by atoms with E-state index in [2.05, 4.69) is 53.5 Å². The molecule has 0 aromatic carbocycles. The maximum atomic E-state index is 9.51. The van der Waals surface area contributed by atoms with E-state index in [1.807, 2.05) is 0 Å². The molecule has 0 aromatic rings. The number of nitrogens with zero attached hydrogens (tertiary/aromatic N) is 4. The maximum Gasteiger partial charge on any atom is 0.468 e. The van der Waals surface area contributed by atoms with Crippen LogP contribution in [0.5, 0.6) is 0 Å². The molecule has 0 heterocycles. The Morgan fingerprint density at radius 1 is 1.18 bits per heavy atom. The summed E-state index contributed by atoms with van der Waals surface area (Å²) >= 11 is 0. The zero-order chi connectivity index (χ0) is 13.9. The van der Waals surface area contributed by atoms with Gasteiger partial charge in [0.2, 0.25) is 0 Å². The van der Waals surface area contributed by atoms with Crippen molar-refractivity contribution in [2.45, 2.75) is 45.2 Å². The van der Waals surface area contributed by atoms with E-state index in [9.17, 15) is 10.0 Å². The highest BCUT2D eigenvalue weighted by Crippen LogP contribution is 2.23. The van der Waals surface area contributed by atoms with E-state index in [1.165, 1.54) is 0 Å². The Labute approximate surface area is 106 Å². The average molecular weight is 274 g/mol. The van der Waals surface area contributed by atoms with E-state index in [0.717, 1.165) is 0 Å². The SMILES string of the molecule is C[Si](C)(C)N(C(CN=[N+]=[N-])B(O)O)[Si](C)(C)C. The summed E-state index contributed by atoms with van der Waals surface area (Å²) in [6.45, 7) is 13.1. The van der Waals surface area contributed by atoms with E-state index in [-0.39, 0.29) is 6.54 Å². The van der Waals surface area contributed by atoms with Crippen molar-refractivity contribution < 1.29 is 10.0 Å². The highest BCUT2D eigenvalue weighted by atomic mass is 28.4. The molecule has 6 nitrogen and oxygen atoms in total. The summed E-state index contributed by atoms with van der Waals surface area (Å²) < 4.78 is 2.24. The van der Waals surface area contributed by atoms with Crippen LogP contribution in [-0.4, -0.2) is 50.4 Å². The van der Waals surface area contributed by atoms with Gasteiger partial charge in [0.15, 0.2) is 0 Å². The number of hydrogen-bond acceptors (Lipinski definition) is 4. The molecule has 0 aliphatic rings. The molecule has 17 heavy (non-hydrogen) atoms. The highest BCUT2D eigenvalue weighted by Gasteiger charge is 2.43. The summed E-state index contributed by atoms with van der Waals surface area (Å²) in [7, 11) is -4.89. The van der Waals surface area contributed by atoms with Crippen molar-refractivity contribution >= 4 is 23.6 Å². The topological polar surface area (TPSA) is 92.5 Å². The lowest BCUT2D eigenvalue weighted by molar-refractivity contribution is 0.352. The first kappa shape index (κ1) is 16.7. The third-order valence-electron chi connectivity index (χ3n) is 2.45. The van der Waals surface area contributed by atoms with Crippen LogP contribution in [0.4, 0.5) is 0 Å². The smallest absolute Gasteiger partial charge is 0.426 e. The van der Waals surface area contributed by atoms with Crippen LogP contribution in [0.2, 0.25) is 39.3 Å². The van der Waals surface area contributed by atoms with E-state index < -0.39 is 29.5 Å². The van der Waals surface area contributed by atoms with Crippen LogP contribution < -0.4 is 0 Å². The second-order valence-corrected chi connectivity index (χ2v) is 16.2. The number of hydrogen-bond donors (Lipinski definition) is 2. The van der Waals surface area contributed by atoms with E-state index in [0.29, 0.717) is 0 Å². The van der Waals surface area contributed by atoms with E-state index >= 15 is 0 Å². The Bertz CT molecular complexity index is 283. The van der Waals surface area contributed by atoms with Gasteiger partial charge < -0.3 is 14.3 Å². The Balaban J connectivity index is 5.30. The van der Waals surface area contributed by atoms with Gasteiger partial charge in [0.05, 0.1) is 0 Å². The number of azide groups is 1. The molecule has 0 aliphatic heterocycles. The van der Waals surface area contributed by atoms with Crippen molar-refractivity contribution in [1.82, 2.24) is 4.23 Å². The van der Waals surface area contributed by atoms with Crippen molar-refractivity contribution in [3.63, 3.8) is 0 Å². The fourth-order valence-corrected chi connectivity index (χ4v) is 12.9. The molecule has 0 rings (SSSR count). The second-order valence-electron chi connectivity index (χ2n) is 6.11. The Morgan fingerprint density at radius 3 is 1.82 bits per heavy atom. The van der Waals surface area contributed by atoms with Gasteiger partial charge in [-0.1, -0.05) is 44.4 Å². The van der Waals surface area contributed by atoms with Crippen LogP contribution in [-0.2, 0) is 0 Å². The van der Waals surface area contributed by atoms with Crippen LogP contribution >= 0.6 is 0 Å². The predicted molar refractivity (Wildman–Crippen MR) is 76.5 cm³/mol. The second kappa shape index (κ2) is 6.03. The third kappa shape index (κ3) is 5.24. The average Bonchev–Trinajstić information content (AvgIpc) is 2.06. The lowest BCUT2D eigenvalue weighted by Crippen LogP contribution is -2.67. The Hall–Kier alpha value is -0.311. The molecular formula is C8H23BN4O2Si2. The summed E-state index contributed by atoms with van der Waals surface area (Å²) in [5, 5.41) is 22.5. The molecule has 0 amide bonds. The lowest BCUT2D eigenvalue weighted by Gasteiger charge is -2.48. The zero-order valence-corrected chi connectivity index (χ0v) is 13.5. The largest absolute Gasteiger partial charge is 0.468 e. The fraction of sp³-hybridized carbons (Fsp3) is 1.00. The molecule has 0 saturated carbocycles. The van der Waals surface area contributed by atoms with Crippen LogP contribution in [0.3, 0.4) is 0 Å². The first-order chi connectivity index (χ1) is 7.51. The van der Waals surface area contributed by atoms with Gasteiger partial charge in [-0.25, -0.2) is 0 Å². The van der Waals surface area contributed by atoms with Crippen LogP contribution in [0, 0.1) is 0 Å². The summed E-state index contributed by atoms with van der Waals surface area (Å²) in [5.41, 5.74) is 8.38. The minimum atomic E-state index is -1.71. The summed E-state index contributed by atoms with van der Waals surface area (Å²) in [5.74, 6) is -0.496. The normalized spacial score (nSPS) is 14.4. The fourth-order valence-electron chi connectivity index (χ4n) is 2.43. The standard InChI is InChI=1S/C8H23BN4O2Si2/c1-16(2,3)13(17(4,5)6)8(9(14)15)7-11-12-10/h8,14-15H,7H2,1-6H3. The summed E-state index contributed by atoms with van der Waals surface area (Å²) in [6.07, 6.45) is 0. The molecule has 0 bridgehead atoms. The van der Waals surface area contributed by atoms with Gasteiger partial charge in [-0.3, -0.25) is 0 Å². The molecule has 0 aliphatic carbocycles. The zero-order valence-electron chi connectivity index (χ0n) is 11.5. The van der Waals surface area contributed by atoms with Gasteiger partial charge in [0, 0.05) is 17.4 Å². The van der Waals surface area contributed by atoms with E-state index in [1.54, 1.807) is 0 Å². The minimum absolute atomic E-state index is 0.0999. The molecule has 0 spiro atoms. The molecule has 9 heteroatoms. The van der Waals surface area contributed by atoms with Crippen LogP contribution in [0.15, 0.2) is 5.11 Å². The molecule has 1 unspecified atom stereocenters. The molecular weight excluding hydrogens is 251 g/mol. The monoisotopic (exact) mass is 274 g/mol. The number of rotatable bonds is 6.